The van der Waals surface area contributed by atoms with Gasteiger partial charge in [-0.1, -0.05) is 0 Å². The number of nitrogens with two attached hydrogens (primary N) is 1. The molecule has 0 spiro atoms. The second kappa shape index (κ2) is 6.09. The smallest absolute Gasteiger partial charge is 0.341 e. The maximum atomic E-state index is 15.0. The Hall–Kier alpha value is -2.41. The van der Waals surface area contributed by atoms with Gasteiger partial charge < -0.3 is 20.3 Å². The van der Waals surface area contributed by atoms with E-state index in [1.807, 2.05) is 7.05 Å². The van der Waals surface area contributed by atoms with Crippen molar-refractivity contribution in [1.29, 1.82) is 0 Å². The van der Waals surface area contributed by atoms with Crippen molar-refractivity contribution in [3.8, 4) is 0 Å². The third-order valence-electron chi connectivity index (χ3n) is 5.55. The highest BCUT2D eigenvalue weighted by Crippen LogP contribution is 2.41. The molecule has 0 bridgehead atoms. The summed E-state index contributed by atoms with van der Waals surface area (Å²) < 4.78 is 16.7. The molecule has 26 heavy (non-hydrogen) atoms. The van der Waals surface area contributed by atoms with Crippen LogP contribution in [0, 0.1) is 5.82 Å². The molecule has 1 saturated carbocycles. The molecule has 1 saturated heterocycles. The average molecular weight is 359 g/mol. The number of carbonyl (C=O) groups is 1. The molecular weight excluding hydrogens is 337 g/mol. The molecule has 1 aromatic heterocycles. The number of anilines is 1. The van der Waals surface area contributed by atoms with E-state index in [2.05, 4.69) is 4.90 Å². The number of piperidine rings is 1. The number of nitrogens with zero attached hydrogens (tertiary/aromatic N) is 2. The fourth-order valence-corrected chi connectivity index (χ4v) is 4.14. The van der Waals surface area contributed by atoms with Crippen molar-refractivity contribution in [2.24, 2.45) is 0 Å². The van der Waals surface area contributed by atoms with Crippen LogP contribution >= 0.6 is 0 Å². The molecule has 3 N–H and O–H groups in total. The standard InChI is InChI=1S/C19H22FN3O3/c1-22-6-2-3-10(8-22)15-14(20)7-12-17(16(15)21)23(11-4-5-11)9-13(18(12)24)19(25)26/h7,9-11H,2-6,8,21H2,1H3,(H,25,26). The first-order chi connectivity index (χ1) is 12.4. The number of carboxylic acid groups (broad SMARTS) is 1. The molecule has 4 rings (SSSR count). The van der Waals surface area contributed by atoms with E-state index in [0.29, 0.717) is 17.6 Å². The van der Waals surface area contributed by atoms with E-state index in [9.17, 15) is 19.1 Å². The van der Waals surface area contributed by atoms with Gasteiger partial charge in [0.25, 0.3) is 0 Å². The Morgan fingerprint density at radius 3 is 2.69 bits per heavy atom. The molecule has 0 amide bonds. The van der Waals surface area contributed by atoms with Gasteiger partial charge in [-0.2, -0.15) is 0 Å². The topological polar surface area (TPSA) is 88.6 Å². The minimum atomic E-state index is -1.30. The van der Waals surface area contributed by atoms with Gasteiger partial charge in [0.1, 0.15) is 11.4 Å². The number of benzene rings is 1. The lowest BCUT2D eigenvalue weighted by Gasteiger charge is -2.31. The summed E-state index contributed by atoms with van der Waals surface area (Å²) in [6.45, 7) is 1.69. The molecule has 1 aromatic carbocycles. The van der Waals surface area contributed by atoms with Crippen LogP contribution in [0.25, 0.3) is 10.9 Å². The van der Waals surface area contributed by atoms with Crippen molar-refractivity contribution in [3.63, 3.8) is 0 Å². The third-order valence-corrected chi connectivity index (χ3v) is 5.55. The Balaban J connectivity index is 2.00. The summed E-state index contributed by atoms with van der Waals surface area (Å²) >= 11 is 0. The molecule has 0 radical (unpaired) electrons. The molecule has 7 heteroatoms. The maximum absolute atomic E-state index is 15.0. The normalized spacial score (nSPS) is 21.2. The zero-order valence-corrected chi connectivity index (χ0v) is 14.7. The van der Waals surface area contributed by atoms with Gasteiger partial charge >= 0.3 is 5.97 Å². The van der Waals surface area contributed by atoms with E-state index in [1.165, 1.54) is 12.3 Å². The summed E-state index contributed by atoms with van der Waals surface area (Å²) in [5.41, 5.74) is 6.59. The first-order valence-electron chi connectivity index (χ1n) is 8.97. The minimum Gasteiger partial charge on any atom is -0.477 e. The summed E-state index contributed by atoms with van der Waals surface area (Å²) in [6, 6.07) is 1.30. The molecule has 1 aliphatic carbocycles. The van der Waals surface area contributed by atoms with Gasteiger partial charge in [-0.25, -0.2) is 9.18 Å². The van der Waals surface area contributed by atoms with E-state index in [0.717, 1.165) is 32.2 Å². The molecular formula is C19H22FN3O3. The Morgan fingerprint density at radius 1 is 1.35 bits per heavy atom. The number of aromatic carboxylic acids is 1. The lowest BCUT2D eigenvalue weighted by atomic mass is 9.88. The quantitative estimate of drug-likeness (QED) is 0.822. The van der Waals surface area contributed by atoms with Crippen molar-refractivity contribution in [2.45, 2.75) is 37.6 Å². The number of likely N-dealkylation sites (N-methyl/N-ethyl adjacent to an activating group) is 1. The summed E-state index contributed by atoms with van der Waals surface area (Å²) in [6.07, 6.45) is 4.98. The summed E-state index contributed by atoms with van der Waals surface area (Å²) in [5, 5.41) is 9.39. The monoisotopic (exact) mass is 359 g/mol. The van der Waals surface area contributed by atoms with E-state index in [4.69, 9.17) is 5.73 Å². The van der Waals surface area contributed by atoms with Crippen LogP contribution in [0.5, 0.6) is 0 Å². The first-order valence-corrected chi connectivity index (χ1v) is 8.97. The average Bonchev–Trinajstić information content (AvgIpc) is 3.40. The van der Waals surface area contributed by atoms with Gasteiger partial charge in [-0.15, -0.1) is 0 Å². The van der Waals surface area contributed by atoms with Crippen LogP contribution in [0.3, 0.4) is 0 Å². The van der Waals surface area contributed by atoms with Crippen molar-refractivity contribution in [1.82, 2.24) is 9.47 Å². The number of hydrogen-bond acceptors (Lipinski definition) is 4. The summed E-state index contributed by atoms with van der Waals surface area (Å²) in [5.74, 6) is -1.85. The van der Waals surface area contributed by atoms with Crippen LogP contribution in [-0.2, 0) is 0 Å². The van der Waals surface area contributed by atoms with E-state index in [1.54, 1.807) is 4.57 Å². The van der Waals surface area contributed by atoms with Gasteiger partial charge in [0.15, 0.2) is 0 Å². The highest BCUT2D eigenvalue weighted by atomic mass is 19.1. The largest absolute Gasteiger partial charge is 0.477 e. The number of carboxylic acids is 1. The number of hydrogen-bond donors (Lipinski definition) is 2. The minimum absolute atomic E-state index is 0.0277. The van der Waals surface area contributed by atoms with Gasteiger partial charge in [-0.05, 0) is 45.3 Å². The van der Waals surface area contributed by atoms with Gasteiger partial charge in [-0.3, -0.25) is 4.79 Å². The van der Waals surface area contributed by atoms with E-state index < -0.39 is 17.2 Å². The van der Waals surface area contributed by atoms with Gasteiger partial charge in [0, 0.05) is 30.3 Å². The van der Waals surface area contributed by atoms with E-state index >= 15 is 0 Å². The van der Waals surface area contributed by atoms with E-state index in [-0.39, 0.29) is 28.6 Å². The second-order valence-corrected chi connectivity index (χ2v) is 7.50. The summed E-state index contributed by atoms with van der Waals surface area (Å²) in [4.78, 5) is 26.2. The lowest BCUT2D eigenvalue weighted by Crippen LogP contribution is -2.32. The van der Waals surface area contributed by atoms with Crippen molar-refractivity contribution in [3.05, 3.63) is 39.4 Å². The molecule has 1 aliphatic heterocycles. The lowest BCUT2D eigenvalue weighted by molar-refractivity contribution is 0.0695. The van der Waals surface area contributed by atoms with Crippen molar-refractivity contribution in [2.75, 3.05) is 25.9 Å². The van der Waals surface area contributed by atoms with Crippen LogP contribution < -0.4 is 11.2 Å². The fourth-order valence-electron chi connectivity index (χ4n) is 4.14. The number of likely N-dealkylation sites (tertiary alicyclic amines) is 1. The third kappa shape index (κ3) is 2.67. The number of halogens is 1. The maximum Gasteiger partial charge on any atom is 0.341 e. The van der Waals surface area contributed by atoms with Crippen molar-refractivity contribution < 1.29 is 14.3 Å². The zero-order chi connectivity index (χ0) is 18.6. The highest BCUT2D eigenvalue weighted by Gasteiger charge is 2.31. The fraction of sp³-hybridized carbons (Fsp3) is 0.474. The Bertz CT molecular complexity index is 965. The highest BCUT2D eigenvalue weighted by molar-refractivity contribution is 5.97. The molecule has 2 fully saturated rings. The number of pyridine rings is 1. The van der Waals surface area contributed by atoms with Crippen LogP contribution in [0.15, 0.2) is 17.1 Å². The molecule has 2 aromatic rings. The molecule has 2 heterocycles. The molecule has 6 nitrogen and oxygen atoms in total. The molecule has 1 atom stereocenters. The first kappa shape index (κ1) is 17.0. The number of nitrogen functional groups attached to an aromatic ring is 1. The summed E-state index contributed by atoms with van der Waals surface area (Å²) in [7, 11) is 2.00. The number of rotatable bonds is 3. The second-order valence-electron chi connectivity index (χ2n) is 7.50. The van der Waals surface area contributed by atoms with Crippen molar-refractivity contribution >= 4 is 22.6 Å². The number of fused-ring (bicyclic) bond motifs is 1. The van der Waals surface area contributed by atoms with Crippen LogP contribution in [-0.4, -0.2) is 40.7 Å². The predicted octanol–water partition coefficient (Wildman–Crippen LogP) is 2.57. The van der Waals surface area contributed by atoms with Crippen LogP contribution in [0.1, 0.15) is 53.6 Å². The Morgan fingerprint density at radius 2 is 2.08 bits per heavy atom. The number of aromatic nitrogens is 1. The Labute approximate surface area is 150 Å². The predicted molar refractivity (Wildman–Crippen MR) is 97.3 cm³/mol. The molecule has 2 aliphatic rings. The van der Waals surface area contributed by atoms with Crippen LogP contribution in [0.2, 0.25) is 0 Å². The SMILES string of the molecule is CN1CCCC(c2c(F)cc3c(=O)c(C(=O)O)cn(C4CC4)c3c2N)C1. The molecule has 1 unspecified atom stereocenters. The van der Waals surface area contributed by atoms with Gasteiger partial charge in [0.2, 0.25) is 5.43 Å². The zero-order valence-electron chi connectivity index (χ0n) is 14.7. The van der Waals surface area contributed by atoms with Gasteiger partial charge in [0.05, 0.1) is 16.6 Å². The Kier molecular flexibility index (Phi) is 3.99. The van der Waals surface area contributed by atoms with Crippen LogP contribution in [0.4, 0.5) is 10.1 Å². The molecule has 138 valence electrons.